The second-order valence-electron chi connectivity index (χ2n) is 11.6. The third-order valence-electron chi connectivity index (χ3n) is 8.53. The monoisotopic (exact) mass is 632 g/mol. The summed E-state index contributed by atoms with van der Waals surface area (Å²) in [5.74, 6) is -0.343. The number of ether oxygens (including phenoxy) is 5. The predicted octanol–water partition coefficient (Wildman–Crippen LogP) is 2.75. The van der Waals surface area contributed by atoms with Crippen molar-refractivity contribution in [1.29, 1.82) is 0 Å². The van der Waals surface area contributed by atoms with Crippen LogP contribution in [0.4, 0.5) is 0 Å². The number of carbonyl (C=O) groups is 1. The molecule has 2 fully saturated rings. The SMILES string of the molecule is COc1ccc2c(c1)OCCCCCNCCN(C[C@@H](O)[C@@H](CC(=O)O[C@H]1CO[C@H]3OCC[C@H]31)Cc1ccccc1)S2(=O)=O. The largest absolute Gasteiger partial charge is 0.497 e. The van der Waals surface area contributed by atoms with Gasteiger partial charge in [0.05, 0.1) is 45.4 Å². The predicted molar refractivity (Wildman–Crippen MR) is 162 cm³/mol. The van der Waals surface area contributed by atoms with Crippen LogP contribution in [0, 0.1) is 11.8 Å². The van der Waals surface area contributed by atoms with E-state index < -0.39 is 34.1 Å². The van der Waals surface area contributed by atoms with Gasteiger partial charge in [-0.05, 0) is 56.3 Å². The number of β-amino-alcohol motifs (C(OH)–C–C–N with tert-alkyl or cyclic N) is 1. The Hall–Kier alpha value is -2.74. The molecule has 2 saturated heterocycles. The van der Waals surface area contributed by atoms with E-state index in [4.69, 9.17) is 23.7 Å². The van der Waals surface area contributed by atoms with E-state index in [0.29, 0.717) is 31.9 Å². The molecule has 11 nitrogen and oxygen atoms in total. The lowest BCUT2D eigenvalue weighted by atomic mass is 9.90. The van der Waals surface area contributed by atoms with Crippen LogP contribution < -0.4 is 14.8 Å². The summed E-state index contributed by atoms with van der Waals surface area (Å²) in [6.45, 7) is 2.31. The molecule has 12 heteroatoms. The van der Waals surface area contributed by atoms with Gasteiger partial charge in [-0.25, -0.2) is 8.42 Å². The molecule has 2 N–H and O–H groups in total. The molecule has 44 heavy (non-hydrogen) atoms. The van der Waals surface area contributed by atoms with Gasteiger partial charge in [-0.2, -0.15) is 4.31 Å². The van der Waals surface area contributed by atoms with E-state index in [0.717, 1.165) is 37.8 Å². The van der Waals surface area contributed by atoms with Crippen molar-refractivity contribution in [3.05, 3.63) is 54.1 Å². The molecule has 0 radical (unpaired) electrons. The molecule has 5 atom stereocenters. The molecule has 2 aromatic rings. The minimum Gasteiger partial charge on any atom is -0.497 e. The highest BCUT2D eigenvalue weighted by atomic mass is 32.2. The minimum atomic E-state index is -4.10. The Morgan fingerprint density at radius 3 is 2.75 bits per heavy atom. The van der Waals surface area contributed by atoms with Gasteiger partial charge in [-0.1, -0.05) is 30.3 Å². The standard InChI is InChI=1S/C32H44N2O9S/c1-39-25-10-11-30-28(20-25)40-16-7-3-6-13-33-14-15-34(44(30,37)38)21-27(35)24(18-23-8-4-2-5-9-23)19-31(36)43-29-22-42-32-26(29)12-17-41-32/h2,4-5,8-11,20,24,26-27,29,32-33,35H,3,6-7,12-19,21-22H2,1H3/t24-,26+,27-,29+,32-/m1/s1. The van der Waals surface area contributed by atoms with Crippen molar-refractivity contribution in [3.8, 4) is 11.5 Å². The van der Waals surface area contributed by atoms with Gasteiger partial charge in [0.25, 0.3) is 0 Å². The number of nitrogens with zero attached hydrogens (tertiary/aromatic N) is 1. The summed E-state index contributed by atoms with van der Waals surface area (Å²) in [7, 11) is -2.58. The average molecular weight is 633 g/mol. The van der Waals surface area contributed by atoms with Gasteiger partial charge in [0.15, 0.2) is 6.29 Å². The summed E-state index contributed by atoms with van der Waals surface area (Å²) in [6, 6.07) is 14.2. The highest BCUT2D eigenvalue weighted by molar-refractivity contribution is 7.89. The lowest BCUT2D eigenvalue weighted by Crippen LogP contribution is -2.44. The van der Waals surface area contributed by atoms with Gasteiger partial charge in [-0.3, -0.25) is 4.79 Å². The van der Waals surface area contributed by atoms with Crippen molar-refractivity contribution < 1.29 is 42.0 Å². The fraction of sp³-hybridized carbons (Fsp3) is 0.594. The van der Waals surface area contributed by atoms with Crippen molar-refractivity contribution in [1.82, 2.24) is 9.62 Å². The Morgan fingerprint density at radius 1 is 1.09 bits per heavy atom. The lowest BCUT2D eigenvalue weighted by molar-refractivity contribution is -0.153. The van der Waals surface area contributed by atoms with Crippen molar-refractivity contribution in [2.45, 2.75) is 61.9 Å². The first-order valence-electron chi connectivity index (χ1n) is 15.5. The fourth-order valence-electron chi connectivity index (χ4n) is 6.03. The van der Waals surface area contributed by atoms with E-state index in [9.17, 15) is 18.3 Å². The Bertz CT molecular complexity index is 1330. The van der Waals surface area contributed by atoms with Crippen LogP contribution >= 0.6 is 0 Å². The van der Waals surface area contributed by atoms with E-state index in [-0.39, 0.29) is 49.0 Å². The van der Waals surface area contributed by atoms with Gasteiger partial charge >= 0.3 is 5.97 Å². The summed E-state index contributed by atoms with van der Waals surface area (Å²) >= 11 is 0. The van der Waals surface area contributed by atoms with E-state index >= 15 is 0 Å². The molecular weight excluding hydrogens is 588 g/mol. The number of rotatable bonds is 9. The van der Waals surface area contributed by atoms with Gasteiger partial charge in [0.1, 0.15) is 22.5 Å². The number of aliphatic hydroxyl groups is 1. The number of sulfonamides is 1. The summed E-state index contributed by atoms with van der Waals surface area (Å²) in [4.78, 5) is 13.2. The van der Waals surface area contributed by atoms with Crippen LogP contribution in [0.25, 0.3) is 0 Å². The van der Waals surface area contributed by atoms with Crippen LogP contribution in [0.3, 0.4) is 0 Å². The Labute approximate surface area is 259 Å². The van der Waals surface area contributed by atoms with Crippen molar-refractivity contribution in [2.75, 3.05) is 53.1 Å². The second kappa shape index (κ2) is 15.5. The molecule has 0 saturated carbocycles. The molecule has 0 unspecified atom stereocenters. The van der Waals surface area contributed by atoms with Gasteiger partial charge in [0.2, 0.25) is 10.0 Å². The third kappa shape index (κ3) is 8.29. The molecule has 3 aliphatic heterocycles. The van der Waals surface area contributed by atoms with Crippen LogP contribution in [0.2, 0.25) is 0 Å². The van der Waals surface area contributed by atoms with E-state index in [2.05, 4.69) is 5.32 Å². The van der Waals surface area contributed by atoms with Gasteiger partial charge in [0, 0.05) is 31.6 Å². The number of hydrogen-bond acceptors (Lipinski definition) is 10. The number of carbonyl (C=O) groups excluding carboxylic acids is 1. The summed E-state index contributed by atoms with van der Waals surface area (Å²) < 4.78 is 57.9. The van der Waals surface area contributed by atoms with Gasteiger partial charge < -0.3 is 34.1 Å². The molecule has 3 heterocycles. The maximum absolute atomic E-state index is 14.1. The molecular formula is C32H44N2O9S. The number of hydrogen-bond donors (Lipinski definition) is 2. The quantitative estimate of drug-likeness (QED) is 0.398. The topological polar surface area (TPSA) is 133 Å². The van der Waals surface area contributed by atoms with Crippen LogP contribution in [-0.2, 0) is 35.4 Å². The Morgan fingerprint density at radius 2 is 1.93 bits per heavy atom. The number of esters is 1. The molecule has 2 aromatic carbocycles. The van der Waals surface area contributed by atoms with Crippen LogP contribution in [0.5, 0.6) is 11.5 Å². The van der Waals surface area contributed by atoms with E-state index in [1.54, 1.807) is 12.1 Å². The zero-order valence-corrected chi connectivity index (χ0v) is 26.1. The first kappa shape index (κ1) is 32.6. The normalized spacial score (nSPS) is 25.6. The second-order valence-corrected chi connectivity index (χ2v) is 13.5. The number of benzene rings is 2. The maximum atomic E-state index is 14.1. The van der Waals surface area contributed by atoms with Crippen LogP contribution in [0.1, 0.15) is 37.7 Å². The molecule has 0 bridgehead atoms. The highest BCUT2D eigenvalue weighted by Gasteiger charge is 2.44. The molecule has 5 rings (SSSR count). The zero-order chi connectivity index (χ0) is 30.9. The fourth-order valence-corrected chi connectivity index (χ4v) is 7.60. The van der Waals surface area contributed by atoms with E-state index in [1.807, 2.05) is 30.3 Å². The molecule has 3 aliphatic rings. The summed E-state index contributed by atoms with van der Waals surface area (Å²) in [6.07, 6.45) is 1.83. The third-order valence-corrected chi connectivity index (χ3v) is 10.4. The first-order valence-corrected chi connectivity index (χ1v) is 17.0. The number of aliphatic hydroxyl groups excluding tert-OH is 1. The maximum Gasteiger partial charge on any atom is 0.306 e. The molecule has 0 aliphatic carbocycles. The van der Waals surface area contributed by atoms with Crippen LogP contribution in [0.15, 0.2) is 53.4 Å². The lowest BCUT2D eigenvalue weighted by Gasteiger charge is -2.30. The number of fused-ring (bicyclic) bond motifs is 2. The van der Waals surface area contributed by atoms with Gasteiger partial charge in [-0.15, -0.1) is 0 Å². The molecule has 242 valence electrons. The smallest absolute Gasteiger partial charge is 0.306 e. The Kier molecular flexibility index (Phi) is 11.5. The molecule has 0 amide bonds. The van der Waals surface area contributed by atoms with Crippen molar-refractivity contribution in [3.63, 3.8) is 0 Å². The van der Waals surface area contributed by atoms with Crippen molar-refractivity contribution >= 4 is 16.0 Å². The zero-order valence-electron chi connectivity index (χ0n) is 25.3. The summed E-state index contributed by atoms with van der Waals surface area (Å²) in [5.41, 5.74) is 0.929. The number of nitrogens with one attached hydrogen (secondary N) is 1. The molecule has 0 aromatic heterocycles. The first-order chi connectivity index (χ1) is 21.3. The Balaban J connectivity index is 1.37. The minimum absolute atomic E-state index is 0.00142. The number of methoxy groups -OCH3 is 1. The average Bonchev–Trinajstić information content (AvgIpc) is 3.64. The summed E-state index contributed by atoms with van der Waals surface area (Å²) in [5, 5.41) is 15.0. The molecule has 0 spiro atoms. The van der Waals surface area contributed by atoms with E-state index in [1.165, 1.54) is 17.5 Å². The highest BCUT2D eigenvalue weighted by Crippen LogP contribution is 2.34. The van der Waals surface area contributed by atoms with Crippen molar-refractivity contribution in [2.24, 2.45) is 11.8 Å². The van der Waals surface area contributed by atoms with Crippen LogP contribution in [-0.4, -0.2) is 95.4 Å².